The molecule has 1 saturated heterocycles. The van der Waals surface area contributed by atoms with Gasteiger partial charge in [0.05, 0.1) is 12.5 Å². The van der Waals surface area contributed by atoms with Crippen LogP contribution in [0.1, 0.15) is 33.1 Å². The fourth-order valence-corrected chi connectivity index (χ4v) is 2.28. The lowest BCUT2D eigenvalue weighted by Crippen LogP contribution is -2.47. The third-order valence-electron chi connectivity index (χ3n) is 3.36. The van der Waals surface area contributed by atoms with Crippen LogP contribution in [0.4, 0.5) is 0 Å². The first-order valence-corrected chi connectivity index (χ1v) is 6.19. The molecule has 1 aliphatic rings. The van der Waals surface area contributed by atoms with Gasteiger partial charge in [0.25, 0.3) is 0 Å². The molecule has 5 heteroatoms. The molecule has 0 aliphatic carbocycles. The van der Waals surface area contributed by atoms with Crippen molar-refractivity contribution in [1.29, 1.82) is 0 Å². The Hall–Kier alpha value is -1.10. The molecule has 1 rings (SSSR count). The first-order chi connectivity index (χ1) is 7.97. The molecule has 0 bridgehead atoms. The number of hydrogen-bond acceptors (Lipinski definition) is 3. The van der Waals surface area contributed by atoms with Crippen molar-refractivity contribution in [3.8, 4) is 0 Å². The van der Waals surface area contributed by atoms with Crippen LogP contribution in [0.25, 0.3) is 0 Å². The summed E-state index contributed by atoms with van der Waals surface area (Å²) in [7, 11) is 1.83. The molecular formula is C12H22N2O3. The van der Waals surface area contributed by atoms with Gasteiger partial charge >= 0.3 is 5.97 Å². The second-order valence-electron chi connectivity index (χ2n) is 4.76. The van der Waals surface area contributed by atoms with E-state index in [1.165, 1.54) is 0 Å². The normalized spacial score (nSPS) is 27.0. The van der Waals surface area contributed by atoms with Crippen molar-refractivity contribution < 1.29 is 14.7 Å². The highest BCUT2D eigenvalue weighted by Crippen LogP contribution is 2.18. The Labute approximate surface area is 102 Å². The van der Waals surface area contributed by atoms with Crippen LogP contribution in [0.2, 0.25) is 0 Å². The maximum atomic E-state index is 12.3. The number of rotatable bonds is 4. The summed E-state index contributed by atoms with van der Waals surface area (Å²) in [6.07, 6.45) is 1.69. The molecule has 1 amide bonds. The molecule has 1 fully saturated rings. The van der Waals surface area contributed by atoms with E-state index in [0.29, 0.717) is 6.54 Å². The molecule has 1 heterocycles. The molecule has 2 atom stereocenters. The highest BCUT2D eigenvalue weighted by Gasteiger charge is 2.34. The highest BCUT2D eigenvalue weighted by molar-refractivity contribution is 5.86. The largest absolute Gasteiger partial charge is 0.481 e. The molecule has 0 aromatic heterocycles. The van der Waals surface area contributed by atoms with Gasteiger partial charge in [-0.2, -0.15) is 0 Å². The Morgan fingerprint density at radius 2 is 2.18 bits per heavy atom. The number of carbonyl (C=O) groups excluding carboxylic acids is 1. The summed E-state index contributed by atoms with van der Waals surface area (Å²) in [5.41, 5.74) is 0. The van der Waals surface area contributed by atoms with E-state index in [0.717, 1.165) is 19.4 Å². The molecule has 17 heavy (non-hydrogen) atoms. The van der Waals surface area contributed by atoms with Crippen molar-refractivity contribution in [1.82, 2.24) is 9.80 Å². The molecule has 0 aromatic rings. The molecule has 98 valence electrons. The van der Waals surface area contributed by atoms with Crippen molar-refractivity contribution in [3.05, 3.63) is 0 Å². The Balaban J connectivity index is 2.86. The van der Waals surface area contributed by atoms with Crippen LogP contribution in [-0.4, -0.2) is 59.0 Å². The van der Waals surface area contributed by atoms with Gasteiger partial charge < -0.3 is 10.0 Å². The van der Waals surface area contributed by atoms with Crippen LogP contribution in [0.15, 0.2) is 0 Å². The summed E-state index contributed by atoms with van der Waals surface area (Å²) in [5.74, 6) is -0.956. The molecule has 5 nitrogen and oxygen atoms in total. The van der Waals surface area contributed by atoms with Gasteiger partial charge in [-0.25, -0.2) is 0 Å². The summed E-state index contributed by atoms with van der Waals surface area (Å²) in [6.45, 7) is 5.54. The fraction of sp³-hybridized carbons (Fsp3) is 0.833. The molecule has 0 radical (unpaired) electrons. The zero-order chi connectivity index (χ0) is 13.0. The smallest absolute Gasteiger partial charge is 0.305 e. The van der Waals surface area contributed by atoms with Crippen LogP contribution < -0.4 is 0 Å². The van der Waals surface area contributed by atoms with E-state index < -0.39 is 12.0 Å². The molecule has 1 aliphatic heterocycles. The molecule has 0 spiro atoms. The van der Waals surface area contributed by atoms with Crippen molar-refractivity contribution in [2.75, 3.05) is 20.1 Å². The second-order valence-corrected chi connectivity index (χ2v) is 4.76. The zero-order valence-electron chi connectivity index (χ0n) is 10.8. The van der Waals surface area contributed by atoms with Gasteiger partial charge in [-0.3, -0.25) is 14.5 Å². The summed E-state index contributed by atoms with van der Waals surface area (Å²) >= 11 is 0. The molecule has 2 unspecified atom stereocenters. The number of likely N-dealkylation sites (N-methyl/N-ethyl adjacent to an activating group) is 1. The van der Waals surface area contributed by atoms with E-state index >= 15 is 0 Å². The van der Waals surface area contributed by atoms with Crippen LogP contribution in [0.5, 0.6) is 0 Å². The maximum absolute atomic E-state index is 12.3. The van der Waals surface area contributed by atoms with Gasteiger partial charge in [-0.15, -0.1) is 0 Å². The summed E-state index contributed by atoms with van der Waals surface area (Å²) in [6, 6.07) is -0.312. The van der Waals surface area contributed by atoms with E-state index in [2.05, 4.69) is 0 Å². The van der Waals surface area contributed by atoms with E-state index in [4.69, 9.17) is 5.11 Å². The maximum Gasteiger partial charge on any atom is 0.305 e. The minimum Gasteiger partial charge on any atom is -0.481 e. The van der Waals surface area contributed by atoms with Gasteiger partial charge in [0.1, 0.15) is 0 Å². The summed E-state index contributed by atoms with van der Waals surface area (Å²) in [5, 5.41) is 8.88. The molecule has 0 aromatic carbocycles. The first kappa shape index (κ1) is 14.0. The standard InChI is InChI=1S/C12H22N2O3/c1-4-6-14-9(2)5-7-13(3)10(12(14)17)8-11(15)16/h9-10H,4-8H2,1-3H3,(H,15,16). The number of hydrogen-bond donors (Lipinski definition) is 1. The van der Waals surface area contributed by atoms with Crippen LogP contribution >= 0.6 is 0 Å². The molecule has 1 N–H and O–H groups in total. The summed E-state index contributed by atoms with van der Waals surface area (Å²) in [4.78, 5) is 26.8. The third-order valence-corrected chi connectivity index (χ3v) is 3.36. The number of carbonyl (C=O) groups is 2. The zero-order valence-corrected chi connectivity index (χ0v) is 10.8. The van der Waals surface area contributed by atoms with E-state index in [-0.39, 0.29) is 18.4 Å². The van der Waals surface area contributed by atoms with Gasteiger partial charge in [-0.1, -0.05) is 6.92 Å². The third kappa shape index (κ3) is 3.43. The summed E-state index contributed by atoms with van der Waals surface area (Å²) < 4.78 is 0. The Morgan fingerprint density at radius 1 is 1.53 bits per heavy atom. The second kappa shape index (κ2) is 6.00. The number of carboxylic acid groups (broad SMARTS) is 1. The molecule has 0 saturated carbocycles. The Morgan fingerprint density at radius 3 is 2.71 bits per heavy atom. The van der Waals surface area contributed by atoms with E-state index in [1.807, 2.05) is 30.7 Å². The minimum atomic E-state index is -0.916. The highest BCUT2D eigenvalue weighted by atomic mass is 16.4. The van der Waals surface area contributed by atoms with Gasteiger partial charge in [0, 0.05) is 19.1 Å². The Bertz CT molecular complexity index is 293. The van der Waals surface area contributed by atoms with Crippen LogP contribution in [-0.2, 0) is 9.59 Å². The quantitative estimate of drug-likeness (QED) is 0.792. The van der Waals surface area contributed by atoms with Crippen molar-refractivity contribution in [2.45, 2.75) is 45.2 Å². The van der Waals surface area contributed by atoms with Gasteiger partial charge in [-0.05, 0) is 26.8 Å². The lowest BCUT2D eigenvalue weighted by atomic mass is 10.1. The number of aliphatic carboxylic acids is 1. The van der Waals surface area contributed by atoms with Crippen molar-refractivity contribution in [2.24, 2.45) is 0 Å². The number of amides is 1. The first-order valence-electron chi connectivity index (χ1n) is 6.19. The monoisotopic (exact) mass is 242 g/mol. The lowest BCUT2D eigenvalue weighted by molar-refractivity contribution is -0.145. The fourth-order valence-electron chi connectivity index (χ4n) is 2.28. The predicted octanol–water partition coefficient (Wildman–Crippen LogP) is 0.792. The van der Waals surface area contributed by atoms with E-state index in [1.54, 1.807) is 0 Å². The van der Waals surface area contributed by atoms with Crippen LogP contribution in [0, 0.1) is 0 Å². The van der Waals surface area contributed by atoms with E-state index in [9.17, 15) is 9.59 Å². The number of carboxylic acids is 1. The SMILES string of the molecule is CCCN1C(=O)C(CC(=O)O)N(C)CCC1C. The molecular weight excluding hydrogens is 220 g/mol. The lowest BCUT2D eigenvalue weighted by Gasteiger charge is -2.29. The van der Waals surface area contributed by atoms with Gasteiger partial charge in [0.15, 0.2) is 0 Å². The van der Waals surface area contributed by atoms with Crippen molar-refractivity contribution in [3.63, 3.8) is 0 Å². The minimum absolute atomic E-state index is 0.0400. The Kier molecular flexibility index (Phi) is 4.93. The predicted molar refractivity (Wildman–Crippen MR) is 64.8 cm³/mol. The topological polar surface area (TPSA) is 60.9 Å². The average molecular weight is 242 g/mol. The number of nitrogens with zero attached hydrogens (tertiary/aromatic N) is 2. The van der Waals surface area contributed by atoms with Crippen LogP contribution in [0.3, 0.4) is 0 Å². The van der Waals surface area contributed by atoms with Gasteiger partial charge in [0.2, 0.25) is 5.91 Å². The average Bonchev–Trinajstić information content (AvgIpc) is 2.35. The van der Waals surface area contributed by atoms with Crippen molar-refractivity contribution >= 4 is 11.9 Å².